The van der Waals surface area contributed by atoms with Crippen LogP contribution in [0.5, 0.6) is 5.88 Å². The molecule has 1 heterocycles. The van der Waals surface area contributed by atoms with E-state index in [1.54, 1.807) is 12.1 Å². The van der Waals surface area contributed by atoms with E-state index in [0.29, 0.717) is 21.6 Å². The molecule has 16 heavy (non-hydrogen) atoms. The van der Waals surface area contributed by atoms with Crippen LogP contribution in [0.3, 0.4) is 0 Å². The summed E-state index contributed by atoms with van der Waals surface area (Å²) in [5, 5.41) is 8.87. The summed E-state index contributed by atoms with van der Waals surface area (Å²) in [7, 11) is 1.49. The number of aromatic nitrogens is 2. The highest BCUT2D eigenvalue weighted by atomic mass is 35.5. The molecule has 2 rings (SSSR count). The van der Waals surface area contributed by atoms with Gasteiger partial charge in [0.1, 0.15) is 5.02 Å². The van der Waals surface area contributed by atoms with Gasteiger partial charge in [-0.15, -0.1) is 10.2 Å². The Balaban J connectivity index is 2.50. The number of hydrogen-bond acceptors (Lipinski definition) is 3. The molecule has 3 nitrogen and oxygen atoms in total. The van der Waals surface area contributed by atoms with Gasteiger partial charge in [0.2, 0.25) is 0 Å². The van der Waals surface area contributed by atoms with Crippen molar-refractivity contribution in [2.75, 3.05) is 7.11 Å². The highest BCUT2D eigenvalue weighted by molar-refractivity contribution is 6.34. The Morgan fingerprint density at radius 2 is 1.81 bits per heavy atom. The lowest BCUT2D eigenvalue weighted by Gasteiger charge is -2.05. The van der Waals surface area contributed by atoms with Gasteiger partial charge in [-0.25, -0.2) is 0 Å². The summed E-state index contributed by atoms with van der Waals surface area (Å²) in [5.41, 5.74) is 1.41. The molecule has 5 heteroatoms. The summed E-state index contributed by atoms with van der Waals surface area (Å²) in [6.45, 7) is 0. The minimum absolute atomic E-state index is 0.303. The lowest BCUT2D eigenvalue weighted by Crippen LogP contribution is -1.94. The lowest BCUT2D eigenvalue weighted by molar-refractivity contribution is 0.392. The molecule has 0 N–H and O–H groups in total. The first-order valence-corrected chi connectivity index (χ1v) is 5.30. The fourth-order valence-corrected chi connectivity index (χ4v) is 1.75. The monoisotopic (exact) mass is 254 g/mol. The van der Waals surface area contributed by atoms with Gasteiger partial charge in [-0.2, -0.15) is 0 Å². The Bertz CT molecular complexity index is 517. The molecule has 0 atom stereocenters. The molecular formula is C11H8Cl2N2O. The number of halogens is 2. The minimum Gasteiger partial charge on any atom is -0.479 e. The van der Waals surface area contributed by atoms with Gasteiger partial charge in [0.05, 0.1) is 17.8 Å². The van der Waals surface area contributed by atoms with Crippen molar-refractivity contribution in [1.82, 2.24) is 10.2 Å². The van der Waals surface area contributed by atoms with Crippen molar-refractivity contribution in [2.24, 2.45) is 0 Å². The number of benzene rings is 1. The van der Waals surface area contributed by atoms with Crippen molar-refractivity contribution in [2.45, 2.75) is 0 Å². The van der Waals surface area contributed by atoms with Gasteiger partial charge in [-0.3, -0.25) is 0 Å². The van der Waals surface area contributed by atoms with E-state index in [1.165, 1.54) is 7.11 Å². The standard InChI is InChI=1S/C11H8Cl2N2O/c1-16-11-9(13)6-10(14-15-11)7-4-2-3-5-8(7)12/h2-6H,1H3. The second-order valence-corrected chi connectivity index (χ2v) is 3.88. The molecule has 0 radical (unpaired) electrons. The maximum Gasteiger partial charge on any atom is 0.252 e. The van der Waals surface area contributed by atoms with Gasteiger partial charge in [-0.05, 0) is 12.1 Å². The molecule has 1 aromatic carbocycles. The number of methoxy groups -OCH3 is 1. The molecule has 82 valence electrons. The number of nitrogens with zero attached hydrogens (tertiary/aromatic N) is 2. The maximum atomic E-state index is 6.04. The van der Waals surface area contributed by atoms with Gasteiger partial charge in [0.15, 0.2) is 0 Å². The van der Waals surface area contributed by atoms with Crippen molar-refractivity contribution in [1.29, 1.82) is 0 Å². The Labute approximate surface area is 103 Å². The summed E-state index contributed by atoms with van der Waals surface area (Å²) in [6, 6.07) is 9.05. The molecule has 0 aliphatic rings. The van der Waals surface area contributed by atoms with Crippen LogP contribution in [0.4, 0.5) is 0 Å². The van der Waals surface area contributed by atoms with E-state index in [-0.39, 0.29) is 0 Å². The van der Waals surface area contributed by atoms with E-state index < -0.39 is 0 Å². The Morgan fingerprint density at radius 3 is 2.44 bits per heavy atom. The van der Waals surface area contributed by atoms with E-state index >= 15 is 0 Å². The van der Waals surface area contributed by atoms with Gasteiger partial charge in [-0.1, -0.05) is 41.4 Å². The molecule has 0 aliphatic carbocycles. The average molecular weight is 255 g/mol. The molecule has 0 bridgehead atoms. The van der Waals surface area contributed by atoms with Gasteiger partial charge in [0, 0.05) is 5.56 Å². The topological polar surface area (TPSA) is 35.0 Å². The van der Waals surface area contributed by atoms with Crippen LogP contribution in [-0.4, -0.2) is 17.3 Å². The van der Waals surface area contributed by atoms with Crippen LogP contribution in [0.15, 0.2) is 30.3 Å². The van der Waals surface area contributed by atoms with Crippen molar-refractivity contribution in [3.8, 4) is 17.1 Å². The molecular weight excluding hydrogens is 247 g/mol. The van der Waals surface area contributed by atoms with Crippen LogP contribution in [0.2, 0.25) is 10.0 Å². The maximum absolute atomic E-state index is 6.04. The smallest absolute Gasteiger partial charge is 0.252 e. The zero-order valence-corrected chi connectivity index (χ0v) is 9.96. The third kappa shape index (κ3) is 2.10. The SMILES string of the molecule is COc1nnc(-c2ccccc2Cl)cc1Cl. The van der Waals surface area contributed by atoms with Crippen LogP contribution in [0.25, 0.3) is 11.3 Å². The Morgan fingerprint density at radius 1 is 1.06 bits per heavy atom. The van der Waals surface area contributed by atoms with E-state index in [4.69, 9.17) is 27.9 Å². The fourth-order valence-electron chi connectivity index (χ4n) is 1.30. The van der Waals surface area contributed by atoms with Crippen LogP contribution in [-0.2, 0) is 0 Å². The van der Waals surface area contributed by atoms with Gasteiger partial charge in [0.25, 0.3) is 5.88 Å². The Hall–Kier alpha value is -1.32. The normalized spacial score (nSPS) is 10.2. The summed E-state index contributed by atoms with van der Waals surface area (Å²) in [6.07, 6.45) is 0. The molecule has 0 saturated heterocycles. The zero-order chi connectivity index (χ0) is 11.5. The first-order chi connectivity index (χ1) is 7.72. The quantitative estimate of drug-likeness (QED) is 0.824. The van der Waals surface area contributed by atoms with Crippen molar-refractivity contribution < 1.29 is 4.74 Å². The van der Waals surface area contributed by atoms with Crippen LogP contribution in [0, 0.1) is 0 Å². The zero-order valence-electron chi connectivity index (χ0n) is 8.45. The van der Waals surface area contributed by atoms with E-state index in [9.17, 15) is 0 Å². The number of ether oxygens (including phenoxy) is 1. The molecule has 0 aliphatic heterocycles. The molecule has 0 fully saturated rings. The second-order valence-electron chi connectivity index (χ2n) is 3.07. The molecule has 2 aromatic rings. The van der Waals surface area contributed by atoms with Crippen molar-refractivity contribution >= 4 is 23.2 Å². The largest absolute Gasteiger partial charge is 0.479 e. The molecule has 0 unspecified atom stereocenters. The predicted octanol–water partition coefficient (Wildman–Crippen LogP) is 3.46. The molecule has 1 aromatic heterocycles. The summed E-state index contributed by atoms with van der Waals surface area (Å²) in [5.74, 6) is 0.303. The number of hydrogen-bond donors (Lipinski definition) is 0. The van der Waals surface area contributed by atoms with Crippen LogP contribution < -0.4 is 4.74 Å². The first-order valence-electron chi connectivity index (χ1n) is 4.54. The summed E-state index contributed by atoms with van der Waals surface area (Å²) in [4.78, 5) is 0. The second kappa shape index (κ2) is 4.68. The predicted molar refractivity (Wildman–Crippen MR) is 64.0 cm³/mol. The molecule has 0 amide bonds. The highest BCUT2D eigenvalue weighted by Crippen LogP contribution is 2.29. The van der Waals surface area contributed by atoms with E-state index in [1.807, 2.05) is 18.2 Å². The van der Waals surface area contributed by atoms with E-state index in [0.717, 1.165) is 5.56 Å². The average Bonchev–Trinajstić information content (AvgIpc) is 2.29. The van der Waals surface area contributed by atoms with Crippen LogP contribution >= 0.6 is 23.2 Å². The highest BCUT2D eigenvalue weighted by Gasteiger charge is 2.09. The summed E-state index contributed by atoms with van der Waals surface area (Å²) < 4.78 is 4.93. The summed E-state index contributed by atoms with van der Waals surface area (Å²) >= 11 is 12.0. The third-order valence-electron chi connectivity index (χ3n) is 2.06. The van der Waals surface area contributed by atoms with Gasteiger partial charge >= 0.3 is 0 Å². The van der Waals surface area contributed by atoms with E-state index in [2.05, 4.69) is 10.2 Å². The van der Waals surface area contributed by atoms with Gasteiger partial charge < -0.3 is 4.74 Å². The third-order valence-corrected chi connectivity index (χ3v) is 2.66. The van der Waals surface area contributed by atoms with Crippen molar-refractivity contribution in [3.05, 3.63) is 40.4 Å². The first kappa shape index (κ1) is 11.2. The fraction of sp³-hybridized carbons (Fsp3) is 0.0909. The lowest BCUT2D eigenvalue weighted by atomic mass is 10.1. The molecule has 0 saturated carbocycles. The van der Waals surface area contributed by atoms with Crippen molar-refractivity contribution in [3.63, 3.8) is 0 Å². The van der Waals surface area contributed by atoms with Crippen LogP contribution in [0.1, 0.15) is 0 Å². The number of rotatable bonds is 2. The minimum atomic E-state index is 0.303. The Kier molecular flexibility index (Phi) is 3.27. The molecule has 0 spiro atoms.